The summed E-state index contributed by atoms with van der Waals surface area (Å²) >= 11 is 0. The number of rotatable bonds is 6. The Balaban J connectivity index is 1.18. The molecule has 2 aromatic carbocycles. The molecule has 1 saturated heterocycles. The summed E-state index contributed by atoms with van der Waals surface area (Å²) in [5.41, 5.74) is 1.68. The molecule has 0 spiro atoms. The predicted octanol–water partition coefficient (Wildman–Crippen LogP) is 1.90. The van der Waals surface area contributed by atoms with Crippen molar-refractivity contribution in [1.29, 1.82) is 0 Å². The van der Waals surface area contributed by atoms with E-state index >= 15 is 0 Å². The Kier molecular flexibility index (Phi) is 5.73. The van der Waals surface area contributed by atoms with Gasteiger partial charge >= 0.3 is 0 Å². The van der Waals surface area contributed by atoms with Gasteiger partial charge in [-0.3, -0.25) is 24.7 Å². The smallest absolute Gasteiger partial charge is 0.269 e. The van der Waals surface area contributed by atoms with Crippen LogP contribution < -0.4 is 10.1 Å². The molecule has 0 aromatic heterocycles. The van der Waals surface area contributed by atoms with Gasteiger partial charge in [0.2, 0.25) is 0 Å². The fourth-order valence-electron chi connectivity index (χ4n) is 3.81. The van der Waals surface area contributed by atoms with Gasteiger partial charge < -0.3 is 10.1 Å². The van der Waals surface area contributed by atoms with E-state index in [1.165, 1.54) is 29.8 Å². The highest BCUT2D eigenvalue weighted by Crippen LogP contribution is 2.30. The highest BCUT2D eigenvalue weighted by Gasteiger charge is 2.30. The number of ether oxygens (including phenoxy) is 1. The number of hydrogen-bond acceptors (Lipinski definition) is 6. The third-order valence-electron chi connectivity index (χ3n) is 5.50. The topological polar surface area (TPSA) is 88.0 Å². The molecule has 1 fully saturated rings. The van der Waals surface area contributed by atoms with Crippen LogP contribution >= 0.6 is 0 Å². The Hall–Kier alpha value is -2.97. The highest BCUT2D eigenvalue weighted by molar-refractivity contribution is 5.94. The number of carbonyl (C=O) groups is 1. The van der Waals surface area contributed by atoms with Crippen molar-refractivity contribution in [2.45, 2.75) is 12.6 Å². The number of nitro benzene ring substituents is 1. The van der Waals surface area contributed by atoms with Gasteiger partial charge in [0.1, 0.15) is 5.75 Å². The number of non-ortho nitro benzene ring substituents is 1. The van der Waals surface area contributed by atoms with E-state index in [0.29, 0.717) is 12.1 Å². The van der Waals surface area contributed by atoms with E-state index in [0.717, 1.165) is 44.9 Å². The summed E-state index contributed by atoms with van der Waals surface area (Å²) < 4.78 is 6.07. The molecule has 2 heterocycles. The third-order valence-corrected chi connectivity index (χ3v) is 5.50. The summed E-state index contributed by atoms with van der Waals surface area (Å²) in [4.78, 5) is 27.1. The Bertz CT molecular complexity index is 854. The number of piperazine rings is 1. The summed E-state index contributed by atoms with van der Waals surface area (Å²) in [5.74, 6) is 0.782. The van der Waals surface area contributed by atoms with Crippen LogP contribution in [-0.2, 0) is 6.42 Å². The molecule has 2 aliphatic heterocycles. The molecule has 0 saturated carbocycles. The molecular formula is C21H24N4O4. The summed E-state index contributed by atoms with van der Waals surface area (Å²) in [6.45, 7) is 5.07. The van der Waals surface area contributed by atoms with Crippen molar-refractivity contribution in [2.75, 3.05) is 39.3 Å². The summed E-state index contributed by atoms with van der Waals surface area (Å²) in [7, 11) is 0. The molecule has 0 aliphatic carbocycles. The van der Waals surface area contributed by atoms with Crippen molar-refractivity contribution < 1.29 is 14.5 Å². The average Bonchev–Trinajstić information content (AvgIpc) is 3.18. The fraction of sp³-hybridized carbons (Fsp3) is 0.381. The van der Waals surface area contributed by atoms with Crippen LogP contribution in [0.2, 0.25) is 0 Å². The molecule has 152 valence electrons. The number of amides is 1. The summed E-state index contributed by atoms with van der Waals surface area (Å²) in [5, 5.41) is 13.6. The first-order chi connectivity index (χ1) is 14.1. The monoisotopic (exact) mass is 396 g/mol. The number of benzene rings is 2. The van der Waals surface area contributed by atoms with E-state index in [9.17, 15) is 14.9 Å². The molecule has 8 nitrogen and oxygen atoms in total. The molecule has 1 N–H and O–H groups in total. The SMILES string of the molecule is O=C(NCCN1CCN(C2Cc3ccccc3O2)CC1)c1ccc([N+](=O)[O-])cc1. The molecule has 1 atom stereocenters. The van der Waals surface area contributed by atoms with Crippen LogP contribution in [-0.4, -0.2) is 66.1 Å². The third kappa shape index (κ3) is 4.55. The average molecular weight is 396 g/mol. The second-order valence-electron chi connectivity index (χ2n) is 7.32. The lowest BCUT2D eigenvalue weighted by atomic mass is 10.1. The Labute approximate surface area is 169 Å². The zero-order valence-electron chi connectivity index (χ0n) is 16.1. The quantitative estimate of drug-likeness (QED) is 0.593. The van der Waals surface area contributed by atoms with Gasteiger partial charge in [-0.05, 0) is 23.8 Å². The highest BCUT2D eigenvalue weighted by atomic mass is 16.6. The lowest BCUT2D eigenvalue weighted by molar-refractivity contribution is -0.384. The fourth-order valence-corrected chi connectivity index (χ4v) is 3.81. The molecule has 1 amide bonds. The van der Waals surface area contributed by atoms with E-state index in [2.05, 4.69) is 21.2 Å². The first-order valence-electron chi connectivity index (χ1n) is 9.84. The van der Waals surface area contributed by atoms with E-state index in [-0.39, 0.29) is 17.8 Å². The van der Waals surface area contributed by atoms with Crippen LogP contribution in [0.3, 0.4) is 0 Å². The number of nitro groups is 1. The van der Waals surface area contributed by atoms with Crippen LogP contribution in [0.15, 0.2) is 48.5 Å². The largest absolute Gasteiger partial charge is 0.474 e. The number of hydrogen-bond donors (Lipinski definition) is 1. The second-order valence-corrected chi connectivity index (χ2v) is 7.32. The van der Waals surface area contributed by atoms with Gasteiger partial charge in [-0.15, -0.1) is 0 Å². The van der Waals surface area contributed by atoms with Gasteiger partial charge in [0.15, 0.2) is 6.23 Å². The number of carbonyl (C=O) groups excluding carboxylic acids is 1. The second kappa shape index (κ2) is 8.59. The maximum Gasteiger partial charge on any atom is 0.269 e. The summed E-state index contributed by atoms with van der Waals surface area (Å²) in [6.07, 6.45) is 1.05. The van der Waals surface area contributed by atoms with Gasteiger partial charge in [-0.25, -0.2) is 0 Å². The van der Waals surface area contributed by atoms with Crippen LogP contribution in [0.4, 0.5) is 5.69 Å². The first kappa shape index (κ1) is 19.4. The zero-order chi connectivity index (χ0) is 20.2. The minimum atomic E-state index is -0.476. The number of para-hydroxylation sites is 1. The minimum absolute atomic E-state index is 0.0197. The normalized spacial score (nSPS) is 19.4. The number of nitrogens with one attached hydrogen (secondary N) is 1. The molecular weight excluding hydrogens is 372 g/mol. The maximum absolute atomic E-state index is 12.2. The lowest BCUT2D eigenvalue weighted by Gasteiger charge is -2.37. The van der Waals surface area contributed by atoms with Crippen LogP contribution in [0.5, 0.6) is 5.75 Å². The summed E-state index contributed by atoms with van der Waals surface area (Å²) in [6, 6.07) is 13.8. The van der Waals surface area contributed by atoms with Gasteiger partial charge in [0, 0.05) is 63.4 Å². The van der Waals surface area contributed by atoms with Crippen molar-refractivity contribution in [3.63, 3.8) is 0 Å². The van der Waals surface area contributed by atoms with E-state index in [1.807, 2.05) is 18.2 Å². The minimum Gasteiger partial charge on any atom is -0.474 e. The standard InChI is InChI=1S/C21H24N4O4/c26-21(16-5-7-18(8-6-16)25(27)28)22-9-10-23-11-13-24(14-12-23)20-15-17-3-1-2-4-19(17)29-20/h1-8,20H,9-15H2,(H,22,26). The zero-order valence-corrected chi connectivity index (χ0v) is 16.1. The van der Waals surface area contributed by atoms with Gasteiger partial charge in [0.25, 0.3) is 11.6 Å². The van der Waals surface area contributed by atoms with Crippen molar-refractivity contribution in [3.05, 3.63) is 69.8 Å². The molecule has 4 rings (SSSR count). The Morgan fingerprint density at radius 3 is 2.52 bits per heavy atom. The van der Waals surface area contributed by atoms with Gasteiger partial charge in [0.05, 0.1) is 4.92 Å². The number of fused-ring (bicyclic) bond motifs is 1. The van der Waals surface area contributed by atoms with Gasteiger partial charge in [-0.1, -0.05) is 18.2 Å². The molecule has 2 aromatic rings. The first-order valence-corrected chi connectivity index (χ1v) is 9.84. The van der Waals surface area contributed by atoms with Crippen molar-refractivity contribution in [1.82, 2.24) is 15.1 Å². The van der Waals surface area contributed by atoms with Crippen molar-refractivity contribution >= 4 is 11.6 Å². The Morgan fingerprint density at radius 2 is 1.83 bits per heavy atom. The molecule has 0 bridgehead atoms. The number of nitrogens with zero attached hydrogens (tertiary/aromatic N) is 3. The van der Waals surface area contributed by atoms with Crippen LogP contribution in [0.25, 0.3) is 0 Å². The van der Waals surface area contributed by atoms with E-state index in [4.69, 9.17) is 4.74 Å². The van der Waals surface area contributed by atoms with E-state index < -0.39 is 4.92 Å². The maximum atomic E-state index is 12.2. The lowest BCUT2D eigenvalue weighted by Crippen LogP contribution is -2.52. The molecule has 29 heavy (non-hydrogen) atoms. The van der Waals surface area contributed by atoms with Crippen molar-refractivity contribution in [2.24, 2.45) is 0 Å². The molecule has 1 unspecified atom stereocenters. The van der Waals surface area contributed by atoms with E-state index in [1.54, 1.807) is 0 Å². The van der Waals surface area contributed by atoms with Crippen LogP contribution in [0.1, 0.15) is 15.9 Å². The van der Waals surface area contributed by atoms with Crippen LogP contribution in [0, 0.1) is 10.1 Å². The van der Waals surface area contributed by atoms with Crippen molar-refractivity contribution in [3.8, 4) is 5.75 Å². The predicted molar refractivity (Wildman–Crippen MR) is 108 cm³/mol. The molecule has 8 heteroatoms. The molecule has 2 aliphatic rings. The van der Waals surface area contributed by atoms with Gasteiger partial charge in [-0.2, -0.15) is 0 Å². The Morgan fingerprint density at radius 1 is 1.10 bits per heavy atom. The molecule has 0 radical (unpaired) electrons.